The largest absolute Gasteiger partial charge is 0.497 e. The van der Waals surface area contributed by atoms with Crippen LogP contribution in [0.15, 0.2) is 88.3 Å². The van der Waals surface area contributed by atoms with Crippen molar-refractivity contribution in [1.82, 2.24) is 4.90 Å². The highest BCUT2D eigenvalue weighted by atomic mass is 32.2. The summed E-state index contributed by atoms with van der Waals surface area (Å²) in [5.74, 6) is 0.930. The van der Waals surface area contributed by atoms with E-state index in [1.54, 1.807) is 7.11 Å². The predicted molar refractivity (Wildman–Crippen MR) is 131 cm³/mol. The van der Waals surface area contributed by atoms with Gasteiger partial charge in [-0.15, -0.1) is 0 Å². The number of nitrogens with zero attached hydrogens (tertiary/aromatic N) is 2. The Morgan fingerprint density at radius 3 is 2.84 bits per heavy atom. The van der Waals surface area contributed by atoms with Crippen LogP contribution in [-0.4, -0.2) is 37.7 Å². The molecule has 1 saturated heterocycles. The maximum Gasteiger partial charge on any atom is 0.118 e. The van der Waals surface area contributed by atoms with E-state index in [0.717, 1.165) is 31.7 Å². The number of allylic oxidation sites excluding steroid dienone is 4. The van der Waals surface area contributed by atoms with Crippen LogP contribution in [0.2, 0.25) is 0 Å². The van der Waals surface area contributed by atoms with Gasteiger partial charge in [-0.25, -0.2) is 0 Å². The number of ether oxygens (including phenoxy) is 1. The van der Waals surface area contributed by atoms with Gasteiger partial charge in [-0.1, -0.05) is 48.2 Å². The van der Waals surface area contributed by atoms with Gasteiger partial charge in [-0.3, -0.25) is 4.90 Å². The van der Waals surface area contributed by atoms with E-state index in [1.807, 2.05) is 11.8 Å². The summed E-state index contributed by atoms with van der Waals surface area (Å²) in [6, 6.07) is 18.0. The van der Waals surface area contributed by atoms with Crippen LogP contribution in [0.1, 0.15) is 24.8 Å². The third kappa shape index (κ3) is 4.46. The molecule has 160 valence electrons. The van der Waals surface area contributed by atoms with Crippen molar-refractivity contribution in [3.63, 3.8) is 0 Å². The number of anilines is 1. The van der Waals surface area contributed by atoms with Crippen molar-refractivity contribution in [3.05, 3.63) is 89.0 Å². The molecule has 2 heterocycles. The molecule has 2 aromatic carbocycles. The van der Waals surface area contributed by atoms with Crippen molar-refractivity contribution in [1.29, 1.82) is 0 Å². The molecule has 0 radical (unpaired) electrons. The second-order valence-electron chi connectivity index (χ2n) is 8.45. The highest BCUT2D eigenvalue weighted by Gasteiger charge is 2.30. The summed E-state index contributed by atoms with van der Waals surface area (Å²) in [4.78, 5) is 6.64. The number of rotatable bonds is 6. The molecule has 1 fully saturated rings. The Balaban J connectivity index is 1.33. The van der Waals surface area contributed by atoms with E-state index in [-0.39, 0.29) is 0 Å². The van der Waals surface area contributed by atoms with Crippen molar-refractivity contribution >= 4 is 17.4 Å². The molecule has 5 rings (SSSR count). The van der Waals surface area contributed by atoms with Crippen LogP contribution in [0.5, 0.6) is 5.75 Å². The first-order valence-corrected chi connectivity index (χ1v) is 12.2. The second kappa shape index (κ2) is 9.37. The van der Waals surface area contributed by atoms with Gasteiger partial charge >= 0.3 is 0 Å². The van der Waals surface area contributed by atoms with Crippen LogP contribution >= 0.6 is 11.8 Å². The number of benzene rings is 2. The Hall–Kier alpha value is -2.43. The molecule has 0 amide bonds. The average Bonchev–Trinajstić information content (AvgIpc) is 3.21. The van der Waals surface area contributed by atoms with Gasteiger partial charge in [0.2, 0.25) is 0 Å². The van der Waals surface area contributed by atoms with E-state index >= 15 is 0 Å². The van der Waals surface area contributed by atoms with E-state index in [1.165, 1.54) is 46.8 Å². The molecule has 1 atom stereocenters. The van der Waals surface area contributed by atoms with E-state index < -0.39 is 0 Å². The first-order valence-electron chi connectivity index (χ1n) is 11.3. The predicted octanol–water partition coefficient (Wildman–Crippen LogP) is 6.04. The molecule has 3 nitrogen and oxygen atoms in total. The number of methoxy groups -OCH3 is 1. The lowest BCUT2D eigenvalue weighted by molar-refractivity contribution is 0.260. The zero-order valence-corrected chi connectivity index (χ0v) is 19.0. The topological polar surface area (TPSA) is 15.7 Å². The number of hydrogen-bond acceptors (Lipinski definition) is 4. The molecule has 2 aliphatic heterocycles. The van der Waals surface area contributed by atoms with Crippen molar-refractivity contribution in [2.24, 2.45) is 0 Å². The standard InChI is InChI=1S/C27H30N2OS/c1-30-24-14-12-21(13-15-24)16-18-28-17-6-8-23(28)19-29-25-9-3-2-7-22(25)20-31-27-11-5-4-10-26(27)29/h2-5,9-15,20,23H,6-8,16-19H2,1H3. The Kier molecular flexibility index (Phi) is 6.19. The molecule has 0 saturated carbocycles. The molecule has 2 aromatic rings. The molecule has 0 spiro atoms. The number of fused-ring (bicyclic) bond motifs is 2. The summed E-state index contributed by atoms with van der Waals surface area (Å²) >= 11 is 1.87. The van der Waals surface area contributed by atoms with Gasteiger partial charge in [0.15, 0.2) is 0 Å². The van der Waals surface area contributed by atoms with Crippen LogP contribution in [0.25, 0.3) is 0 Å². The lowest BCUT2D eigenvalue weighted by Gasteiger charge is -2.35. The van der Waals surface area contributed by atoms with Crippen molar-refractivity contribution < 1.29 is 4.74 Å². The molecular weight excluding hydrogens is 400 g/mol. The molecule has 0 bridgehead atoms. The van der Waals surface area contributed by atoms with Crippen LogP contribution in [0.3, 0.4) is 0 Å². The fraction of sp³-hybridized carbons (Fsp3) is 0.333. The molecule has 31 heavy (non-hydrogen) atoms. The van der Waals surface area contributed by atoms with Crippen LogP contribution in [0.4, 0.5) is 5.69 Å². The lowest BCUT2D eigenvalue weighted by atomic mass is 10.0. The first-order chi connectivity index (χ1) is 15.3. The smallest absolute Gasteiger partial charge is 0.118 e. The molecular formula is C27H30N2OS. The first kappa shape index (κ1) is 20.5. The fourth-order valence-corrected chi connectivity index (χ4v) is 5.79. The number of likely N-dealkylation sites (tertiary alicyclic amines) is 1. The van der Waals surface area contributed by atoms with Gasteiger partial charge in [-0.05, 0) is 79.1 Å². The summed E-state index contributed by atoms with van der Waals surface area (Å²) in [5.41, 5.74) is 5.55. The molecule has 0 N–H and O–H groups in total. The maximum atomic E-state index is 5.30. The zero-order valence-electron chi connectivity index (χ0n) is 18.2. The van der Waals surface area contributed by atoms with Crippen molar-refractivity contribution in [3.8, 4) is 5.75 Å². The SMILES string of the molecule is COc1ccc(CCN2CCCC2CN2C3=CC=CCC3=CSc3ccccc32)cc1. The summed E-state index contributed by atoms with van der Waals surface area (Å²) in [7, 11) is 1.72. The fourth-order valence-electron chi connectivity index (χ4n) is 4.85. The van der Waals surface area contributed by atoms with Gasteiger partial charge < -0.3 is 9.64 Å². The molecule has 1 aliphatic carbocycles. The summed E-state index contributed by atoms with van der Waals surface area (Å²) in [6.07, 6.45) is 11.5. The van der Waals surface area contributed by atoms with Crippen LogP contribution < -0.4 is 9.64 Å². The molecule has 0 aromatic heterocycles. The minimum absolute atomic E-state index is 0.586. The highest BCUT2D eigenvalue weighted by Crippen LogP contribution is 2.41. The van der Waals surface area contributed by atoms with Gasteiger partial charge in [-0.2, -0.15) is 0 Å². The minimum atomic E-state index is 0.586. The van der Waals surface area contributed by atoms with Crippen LogP contribution in [0, 0.1) is 0 Å². The van der Waals surface area contributed by atoms with Gasteiger partial charge in [0.05, 0.1) is 12.8 Å². The molecule has 3 aliphatic rings. The number of hydrogen-bond donors (Lipinski definition) is 0. The summed E-state index contributed by atoms with van der Waals surface area (Å²) in [5, 5.41) is 2.35. The molecule has 4 heteroatoms. The maximum absolute atomic E-state index is 5.30. The van der Waals surface area contributed by atoms with Crippen molar-refractivity contribution in [2.75, 3.05) is 31.6 Å². The average molecular weight is 431 g/mol. The van der Waals surface area contributed by atoms with E-state index in [9.17, 15) is 0 Å². The van der Waals surface area contributed by atoms with Gasteiger partial charge in [0, 0.05) is 29.7 Å². The Bertz CT molecular complexity index is 1010. The number of thioether (sulfide) groups is 1. The normalized spacial score (nSPS) is 20.5. The lowest BCUT2D eigenvalue weighted by Crippen LogP contribution is -2.41. The van der Waals surface area contributed by atoms with E-state index in [0.29, 0.717) is 6.04 Å². The quantitative estimate of drug-likeness (QED) is 0.555. The minimum Gasteiger partial charge on any atom is -0.497 e. The zero-order chi connectivity index (χ0) is 21.0. The van der Waals surface area contributed by atoms with Crippen LogP contribution in [-0.2, 0) is 6.42 Å². The second-order valence-corrected chi connectivity index (χ2v) is 9.36. The molecule has 1 unspecified atom stereocenters. The summed E-state index contributed by atoms with van der Waals surface area (Å²) in [6.45, 7) is 3.37. The Morgan fingerprint density at radius 1 is 1.10 bits per heavy atom. The Morgan fingerprint density at radius 2 is 1.97 bits per heavy atom. The number of para-hydroxylation sites is 1. The van der Waals surface area contributed by atoms with E-state index in [2.05, 4.69) is 82.0 Å². The van der Waals surface area contributed by atoms with Gasteiger partial charge in [0.25, 0.3) is 0 Å². The third-order valence-electron chi connectivity index (χ3n) is 6.57. The van der Waals surface area contributed by atoms with Gasteiger partial charge in [0.1, 0.15) is 5.75 Å². The van der Waals surface area contributed by atoms with E-state index in [4.69, 9.17) is 4.74 Å². The third-order valence-corrected chi connectivity index (χ3v) is 7.57. The monoisotopic (exact) mass is 430 g/mol. The Labute approximate surface area is 190 Å². The van der Waals surface area contributed by atoms with Crippen molar-refractivity contribution in [2.45, 2.75) is 36.6 Å². The summed E-state index contributed by atoms with van der Waals surface area (Å²) < 4.78 is 5.30. The highest BCUT2D eigenvalue weighted by molar-refractivity contribution is 8.02.